The highest BCUT2D eigenvalue weighted by Crippen LogP contribution is 2.24. The van der Waals surface area contributed by atoms with Crippen LogP contribution in [0, 0.1) is 0 Å². The Morgan fingerprint density at radius 3 is 2.59 bits per heavy atom. The molecule has 3 heterocycles. The molecule has 12 heteroatoms. The maximum absolute atomic E-state index is 13.5. The first-order valence-electron chi connectivity index (χ1n) is 14.7. The topological polar surface area (TPSA) is 163 Å². The molecule has 1 aromatic rings. The van der Waals surface area contributed by atoms with Gasteiger partial charge in [-0.3, -0.25) is 24.0 Å². The minimum Gasteiger partial charge on any atom is -0.491 e. The van der Waals surface area contributed by atoms with Crippen molar-refractivity contribution in [3.8, 4) is 5.75 Å². The Balaban J connectivity index is 1.49. The van der Waals surface area contributed by atoms with E-state index >= 15 is 0 Å². The predicted molar refractivity (Wildman–Crippen MR) is 151 cm³/mol. The minimum absolute atomic E-state index is 0.0348. The molecule has 0 spiro atoms. The molecule has 0 saturated carbocycles. The smallest absolute Gasteiger partial charge is 0.255 e. The van der Waals surface area contributed by atoms with Crippen LogP contribution >= 0.6 is 0 Å². The van der Waals surface area contributed by atoms with Crippen molar-refractivity contribution in [1.82, 2.24) is 25.8 Å². The fourth-order valence-electron chi connectivity index (χ4n) is 5.69. The van der Waals surface area contributed by atoms with Gasteiger partial charge in [-0.25, -0.2) is 0 Å². The molecule has 5 N–H and O–H groups in total. The fraction of sp³-hybridized carbons (Fsp3) is 0.621. The molecule has 0 unspecified atom stereocenters. The number of nitrogens with one attached hydrogen (secondary N) is 3. The number of hydrogen-bond donors (Lipinski definition) is 4. The molecule has 2 fully saturated rings. The molecule has 41 heavy (non-hydrogen) atoms. The summed E-state index contributed by atoms with van der Waals surface area (Å²) in [5, 5.41) is 8.24. The summed E-state index contributed by atoms with van der Waals surface area (Å²) in [4.78, 5) is 68.8. The Kier molecular flexibility index (Phi) is 10.9. The molecule has 5 amide bonds. The molecule has 0 radical (unpaired) electrons. The summed E-state index contributed by atoms with van der Waals surface area (Å²) in [5.41, 5.74) is 5.57. The summed E-state index contributed by atoms with van der Waals surface area (Å²) in [6.45, 7) is 4.27. The predicted octanol–water partition coefficient (Wildman–Crippen LogP) is 0.301. The Morgan fingerprint density at radius 2 is 1.80 bits per heavy atom. The molecule has 0 bridgehead atoms. The van der Waals surface area contributed by atoms with E-state index in [1.807, 2.05) is 0 Å². The monoisotopic (exact) mass is 570 g/mol. The lowest BCUT2D eigenvalue weighted by atomic mass is 10.1. The summed E-state index contributed by atoms with van der Waals surface area (Å²) in [7, 11) is 0. The summed E-state index contributed by atoms with van der Waals surface area (Å²) < 4.78 is 6.03. The van der Waals surface area contributed by atoms with Gasteiger partial charge in [-0.15, -0.1) is 0 Å². The molecule has 3 aliphatic rings. The van der Waals surface area contributed by atoms with Crippen molar-refractivity contribution in [1.29, 1.82) is 0 Å². The summed E-state index contributed by atoms with van der Waals surface area (Å²) >= 11 is 0. The zero-order valence-corrected chi connectivity index (χ0v) is 23.6. The van der Waals surface area contributed by atoms with Gasteiger partial charge in [0.1, 0.15) is 24.4 Å². The number of hydrogen-bond acceptors (Lipinski definition) is 7. The number of primary amides is 1. The fourth-order valence-corrected chi connectivity index (χ4v) is 5.69. The number of benzene rings is 1. The quantitative estimate of drug-likeness (QED) is 0.310. The Labute approximate surface area is 240 Å². The van der Waals surface area contributed by atoms with E-state index in [1.54, 1.807) is 29.2 Å². The molecule has 2 saturated heterocycles. The van der Waals surface area contributed by atoms with Crippen molar-refractivity contribution in [3.63, 3.8) is 0 Å². The maximum Gasteiger partial charge on any atom is 0.255 e. The molecule has 4 rings (SSSR count). The summed E-state index contributed by atoms with van der Waals surface area (Å²) in [6, 6.07) is 4.29. The first kappa shape index (κ1) is 30.3. The van der Waals surface area contributed by atoms with Crippen LogP contribution in [0.25, 0.3) is 0 Å². The van der Waals surface area contributed by atoms with Crippen molar-refractivity contribution in [2.45, 2.75) is 75.9 Å². The van der Waals surface area contributed by atoms with E-state index in [2.05, 4.69) is 20.9 Å². The second-order valence-electron chi connectivity index (χ2n) is 11.0. The van der Waals surface area contributed by atoms with Crippen LogP contribution in [-0.4, -0.2) is 96.8 Å². The van der Waals surface area contributed by atoms with Crippen LogP contribution in [0.2, 0.25) is 0 Å². The molecule has 3 atom stereocenters. The average molecular weight is 571 g/mol. The molecular formula is C29H42N6O6. The number of ether oxygens (including phenoxy) is 1. The number of nitrogens with zero attached hydrogens (tertiary/aromatic N) is 2. The van der Waals surface area contributed by atoms with Crippen LogP contribution in [0.3, 0.4) is 0 Å². The van der Waals surface area contributed by atoms with Crippen LogP contribution in [0.1, 0.15) is 68.1 Å². The van der Waals surface area contributed by atoms with Crippen molar-refractivity contribution >= 4 is 29.5 Å². The van der Waals surface area contributed by atoms with Gasteiger partial charge in [-0.05, 0) is 76.7 Å². The molecule has 12 nitrogen and oxygen atoms in total. The third-order valence-electron chi connectivity index (χ3n) is 7.95. The van der Waals surface area contributed by atoms with Gasteiger partial charge in [-0.1, -0.05) is 12.1 Å². The minimum atomic E-state index is -1.18. The van der Waals surface area contributed by atoms with Crippen LogP contribution in [0.4, 0.5) is 0 Å². The SMILES string of the molecule is NC(=O)CC[C@@H]1NC(=O)C[C@@H](C(=O)NCCCCN2CCCC2)NC(=O)c2ccccc2OC[C@H]2CCCN2C1=O. The van der Waals surface area contributed by atoms with Crippen LogP contribution in [-0.2, 0) is 19.2 Å². The van der Waals surface area contributed by atoms with Gasteiger partial charge in [0.25, 0.3) is 5.91 Å². The van der Waals surface area contributed by atoms with Crippen molar-refractivity contribution in [2.75, 3.05) is 39.3 Å². The highest BCUT2D eigenvalue weighted by molar-refractivity contribution is 6.01. The molecule has 3 aliphatic heterocycles. The first-order chi connectivity index (χ1) is 19.8. The van der Waals surface area contributed by atoms with Gasteiger partial charge in [0.2, 0.25) is 23.6 Å². The zero-order chi connectivity index (χ0) is 29.2. The Hall–Kier alpha value is -3.67. The third-order valence-corrected chi connectivity index (χ3v) is 7.95. The summed E-state index contributed by atoms with van der Waals surface area (Å²) in [5.74, 6) is -2.18. The number of rotatable bonds is 9. The number of para-hydroxylation sites is 1. The van der Waals surface area contributed by atoms with E-state index in [4.69, 9.17) is 10.5 Å². The molecular weight excluding hydrogens is 528 g/mol. The number of amides is 5. The van der Waals surface area contributed by atoms with Crippen LogP contribution in [0.5, 0.6) is 5.75 Å². The molecule has 1 aromatic carbocycles. The number of carbonyl (C=O) groups excluding carboxylic acids is 5. The van der Waals surface area contributed by atoms with Crippen molar-refractivity contribution in [2.24, 2.45) is 5.73 Å². The lowest BCUT2D eigenvalue weighted by Crippen LogP contribution is -2.54. The van der Waals surface area contributed by atoms with E-state index in [-0.39, 0.29) is 43.4 Å². The largest absolute Gasteiger partial charge is 0.491 e. The van der Waals surface area contributed by atoms with Gasteiger partial charge in [0, 0.05) is 19.5 Å². The second kappa shape index (κ2) is 14.8. The van der Waals surface area contributed by atoms with E-state index in [1.165, 1.54) is 12.8 Å². The number of unbranched alkanes of at least 4 members (excludes halogenated alkanes) is 1. The molecule has 224 valence electrons. The van der Waals surface area contributed by atoms with E-state index in [0.717, 1.165) is 38.9 Å². The van der Waals surface area contributed by atoms with Gasteiger partial charge >= 0.3 is 0 Å². The highest BCUT2D eigenvalue weighted by Gasteiger charge is 2.36. The van der Waals surface area contributed by atoms with Crippen LogP contribution in [0.15, 0.2) is 24.3 Å². The van der Waals surface area contributed by atoms with Crippen molar-refractivity contribution < 1.29 is 28.7 Å². The number of fused-ring (bicyclic) bond motifs is 2. The summed E-state index contributed by atoms with van der Waals surface area (Å²) in [6.07, 6.45) is 5.19. The molecule has 0 aromatic heterocycles. The molecule has 0 aliphatic carbocycles. The van der Waals surface area contributed by atoms with Crippen molar-refractivity contribution in [3.05, 3.63) is 29.8 Å². The second-order valence-corrected chi connectivity index (χ2v) is 11.0. The Bertz CT molecular complexity index is 1110. The third kappa shape index (κ3) is 8.66. The number of nitrogens with two attached hydrogens (primary N) is 1. The van der Waals surface area contributed by atoms with Gasteiger partial charge in [-0.2, -0.15) is 0 Å². The van der Waals surface area contributed by atoms with Gasteiger partial charge < -0.3 is 36.2 Å². The van der Waals surface area contributed by atoms with E-state index in [0.29, 0.717) is 25.3 Å². The normalized spacial score (nSPS) is 24.0. The standard InChI is InChI=1S/C29H42N6O6/c30-25(36)12-11-22-29(40)35-17-7-8-20(35)19-41-24-10-2-1-9-21(24)27(38)33-23(18-26(37)32-22)28(39)31-13-3-4-14-34-15-5-6-16-34/h1-2,9-10,20,22-23H,3-8,11-19H2,(H2,30,36)(H,31,39)(H,32,37)(H,33,38)/t20-,22+,23+/m1/s1. The lowest BCUT2D eigenvalue weighted by Gasteiger charge is -2.30. The van der Waals surface area contributed by atoms with Gasteiger partial charge in [0.15, 0.2) is 0 Å². The zero-order valence-electron chi connectivity index (χ0n) is 23.6. The van der Waals surface area contributed by atoms with Crippen LogP contribution < -0.4 is 26.4 Å². The first-order valence-corrected chi connectivity index (χ1v) is 14.7. The van der Waals surface area contributed by atoms with E-state index in [9.17, 15) is 24.0 Å². The maximum atomic E-state index is 13.5. The Morgan fingerprint density at radius 1 is 1.02 bits per heavy atom. The lowest BCUT2D eigenvalue weighted by molar-refractivity contribution is -0.138. The average Bonchev–Trinajstić information content (AvgIpc) is 3.65. The highest BCUT2D eigenvalue weighted by atomic mass is 16.5. The van der Waals surface area contributed by atoms with E-state index < -0.39 is 35.7 Å². The number of carbonyl (C=O) groups is 5. The van der Waals surface area contributed by atoms with Gasteiger partial charge in [0.05, 0.1) is 18.0 Å². The number of likely N-dealkylation sites (tertiary alicyclic amines) is 1.